The lowest BCUT2D eigenvalue weighted by atomic mass is 10.1. The van der Waals surface area contributed by atoms with Crippen molar-refractivity contribution in [3.63, 3.8) is 0 Å². The fourth-order valence-corrected chi connectivity index (χ4v) is 4.87. The minimum absolute atomic E-state index is 0.0781. The zero-order valence-corrected chi connectivity index (χ0v) is 17.6. The topological polar surface area (TPSA) is 123 Å². The van der Waals surface area contributed by atoms with Crippen LogP contribution in [-0.4, -0.2) is 28.6 Å². The number of rotatable bonds is 7. The van der Waals surface area contributed by atoms with Gasteiger partial charge in [0.1, 0.15) is 9.79 Å². The van der Waals surface area contributed by atoms with Gasteiger partial charge < -0.3 is 0 Å². The van der Waals surface area contributed by atoms with Crippen LogP contribution in [0.15, 0.2) is 58.3 Å². The highest BCUT2D eigenvalue weighted by Gasteiger charge is 2.26. The summed E-state index contributed by atoms with van der Waals surface area (Å²) in [6.45, 7) is 0. The van der Waals surface area contributed by atoms with E-state index in [9.17, 15) is 21.6 Å². The molecule has 0 saturated carbocycles. The number of halogens is 1. The molecule has 0 unspecified atom stereocenters. The highest BCUT2D eigenvalue weighted by Crippen LogP contribution is 2.19. The summed E-state index contributed by atoms with van der Waals surface area (Å²) in [6.07, 6.45) is 2.49. The van der Waals surface area contributed by atoms with E-state index in [1.165, 1.54) is 24.3 Å². The molecule has 2 rings (SSSR count). The number of alkyl halides is 1. The van der Waals surface area contributed by atoms with Crippen LogP contribution in [0.1, 0.15) is 35.2 Å². The Balaban J connectivity index is 2.16. The van der Waals surface area contributed by atoms with Gasteiger partial charge in [0.05, 0.1) is 0 Å². The number of unbranched alkanes of at least 4 members (excludes halogenated alkanes) is 2. The molecule has 0 atom stereocenters. The second-order valence-corrected chi connectivity index (χ2v) is 9.51. The third-order valence-corrected chi connectivity index (χ3v) is 6.49. The number of carbonyl (C=O) groups excluding carboxylic acids is 1. The van der Waals surface area contributed by atoms with Gasteiger partial charge in [0, 0.05) is 23.4 Å². The van der Waals surface area contributed by atoms with Crippen LogP contribution >= 0.6 is 11.6 Å². The Morgan fingerprint density at radius 1 is 0.966 bits per heavy atom. The van der Waals surface area contributed by atoms with Gasteiger partial charge in [-0.1, -0.05) is 24.0 Å². The molecule has 0 radical (unpaired) electrons. The number of nitrogens with two attached hydrogens (primary N) is 1. The van der Waals surface area contributed by atoms with Crippen molar-refractivity contribution in [3.05, 3.63) is 59.7 Å². The molecule has 154 valence electrons. The van der Waals surface area contributed by atoms with Gasteiger partial charge in [-0.25, -0.2) is 26.7 Å². The van der Waals surface area contributed by atoms with E-state index in [0.717, 1.165) is 25.0 Å². The summed E-state index contributed by atoms with van der Waals surface area (Å²) in [5.74, 6) is 5.62. The Morgan fingerprint density at radius 3 is 2.17 bits per heavy atom. The van der Waals surface area contributed by atoms with Crippen molar-refractivity contribution < 1.29 is 21.6 Å². The molecule has 0 spiro atoms. The first-order chi connectivity index (χ1) is 13.6. The predicted molar refractivity (Wildman–Crippen MR) is 110 cm³/mol. The fraction of sp³-hybridized carbons (Fsp3) is 0.211. The lowest BCUT2D eigenvalue weighted by molar-refractivity contribution is 0.0981. The summed E-state index contributed by atoms with van der Waals surface area (Å²) >= 11 is 5.60. The first-order valence-electron chi connectivity index (χ1n) is 8.49. The molecule has 0 aromatic heterocycles. The molecule has 3 N–H and O–H groups in total. The third-order valence-electron chi connectivity index (χ3n) is 3.74. The number of hydrogen-bond acceptors (Lipinski definition) is 5. The molecule has 0 aliphatic heterocycles. The number of primary sulfonamides is 1. The molecule has 0 bridgehead atoms. The van der Waals surface area contributed by atoms with Gasteiger partial charge in [-0.15, -0.1) is 11.6 Å². The summed E-state index contributed by atoms with van der Waals surface area (Å²) in [7, 11) is -8.74. The molecular weight excluding hydrogens is 436 g/mol. The van der Waals surface area contributed by atoms with Crippen molar-refractivity contribution >= 4 is 37.6 Å². The zero-order valence-electron chi connectivity index (χ0n) is 15.3. The standard InChI is InChI=1S/C19H19ClN2O5S2/c20-14-6-2-1-3-7-15-10-12-16(13-11-15)19(23)22-29(26,27)18-9-5-4-8-17(18)28(21,24)25/h4-5,8-13H,1-2,6,14H2,(H,22,23)(H2,21,24,25). The van der Waals surface area contributed by atoms with Crippen molar-refractivity contribution in [1.29, 1.82) is 0 Å². The lowest BCUT2D eigenvalue weighted by Gasteiger charge is -2.10. The van der Waals surface area contributed by atoms with Crippen LogP contribution in [-0.2, 0) is 20.0 Å². The lowest BCUT2D eigenvalue weighted by Crippen LogP contribution is -2.32. The van der Waals surface area contributed by atoms with E-state index in [-0.39, 0.29) is 5.56 Å². The summed E-state index contributed by atoms with van der Waals surface area (Å²) in [5.41, 5.74) is 0.754. The summed E-state index contributed by atoms with van der Waals surface area (Å²) in [6, 6.07) is 10.8. The third kappa shape index (κ3) is 6.58. The number of amides is 1. The molecule has 0 aliphatic carbocycles. The molecule has 1 amide bonds. The van der Waals surface area contributed by atoms with Crippen LogP contribution in [0.25, 0.3) is 0 Å². The smallest absolute Gasteiger partial charge is 0.265 e. The van der Waals surface area contributed by atoms with Gasteiger partial charge in [0.25, 0.3) is 15.9 Å². The number of hydrogen-bond donors (Lipinski definition) is 2. The maximum Gasteiger partial charge on any atom is 0.265 e. The molecule has 0 saturated heterocycles. The van der Waals surface area contributed by atoms with E-state index >= 15 is 0 Å². The molecule has 29 heavy (non-hydrogen) atoms. The van der Waals surface area contributed by atoms with Gasteiger partial charge in [0.2, 0.25) is 10.0 Å². The average Bonchev–Trinajstić information content (AvgIpc) is 2.67. The van der Waals surface area contributed by atoms with E-state index in [2.05, 4.69) is 11.8 Å². The van der Waals surface area contributed by atoms with Crippen molar-refractivity contribution in [2.45, 2.75) is 29.1 Å². The molecule has 0 heterocycles. The quantitative estimate of drug-likeness (QED) is 0.377. The zero-order chi connectivity index (χ0) is 21.5. The predicted octanol–water partition coefficient (Wildman–Crippen LogP) is 2.21. The number of carbonyl (C=O) groups is 1. The molecule has 7 nitrogen and oxygen atoms in total. The van der Waals surface area contributed by atoms with E-state index < -0.39 is 35.7 Å². The van der Waals surface area contributed by atoms with Crippen LogP contribution in [0.2, 0.25) is 0 Å². The fourth-order valence-electron chi connectivity index (χ4n) is 2.32. The highest BCUT2D eigenvalue weighted by atomic mass is 35.5. The van der Waals surface area contributed by atoms with Crippen LogP contribution in [0.3, 0.4) is 0 Å². The molecule has 2 aromatic carbocycles. The summed E-state index contributed by atoms with van der Waals surface area (Å²) in [4.78, 5) is 11.1. The first-order valence-corrected chi connectivity index (χ1v) is 12.1. The Morgan fingerprint density at radius 2 is 1.59 bits per heavy atom. The molecule has 0 fully saturated rings. The Bertz CT molecular complexity index is 1150. The minimum Gasteiger partial charge on any atom is -0.268 e. The number of nitrogens with one attached hydrogen (secondary N) is 1. The van der Waals surface area contributed by atoms with Crippen molar-refractivity contribution in [2.24, 2.45) is 5.14 Å². The van der Waals surface area contributed by atoms with Crippen LogP contribution < -0.4 is 9.86 Å². The maximum absolute atomic E-state index is 12.5. The largest absolute Gasteiger partial charge is 0.268 e. The normalized spacial score (nSPS) is 11.4. The van der Waals surface area contributed by atoms with Gasteiger partial charge in [-0.2, -0.15) is 0 Å². The second kappa shape index (κ2) is 9.89. The molecular formula is C19H19ClN2O5S2. The van der Waals surface area contributed by atoms with Gasteiger partial charge >= 0.3 is 0 Å². The van der Waals surface area contributed by atoms with Crippen molar-refractivity contribution in [1.82, 2.24) is 4.72 Å². The van der Waals surface area contributed by atoms with Crippen LogP contribution in [0.4, 0.5) is 0 Å². The second-order valence-electron chi connectivity index (χ2n) is 5.95. The molecule has 2 aromatic rings. The van der Waals surface area contributed by atoms with Crippen molar-refractivity contribution in [2.75, 3.05) is 5.88 Å². The Hall–Kier alpha value is -2.38. The first kappa shape index (κ1) is 22.9. The van der Waals surface area contributed by atoms with E-state index in [0.29, 0.717) is 17.9 Å². The monoisotopic (exact) mass is 454 g/mol. The molecule has 0 aliphatic rings. The van der Waals surface area contributed by atoms with E-state index in [1.807, 2.05) is 4.72 Å². The van der Waals surface area contributed by atoms with Crippen LogP contribution in [0, 0.1) is 11.8 Å². The summed E-state index contributed by atoms with van der Waals surface area (Å²) in [5, 5.41) is 5.06. The average molecular weight is 455 g/mol. The van der Waals surface area contributed by atoms with E-state index in [1.54, 1.807) is 12.1 Å². The Labute approximate surface area is 175 Å². The number of sulfonamides is 2. The van der Waals surface area contributed by atoms with Crippen LogP contribution in [0.5, 0.6) is 0 Å². The summed E-state index contributed by atoms with van der Waals surface area (Å²) < 4.78 is 50.1. The molecule has 10 heteroatoms. The highest BCUT2D eigenvalue weighted by molar-refractivity contribution is 7.92. The van der Waals surface area contributed by atoms with E-state index in [4.69, 9.17) is 16.7 Å². The SMILES string of the molecule is NS(=O)(=O)c1ccccc1S(=O)(=O)NC(=O)c1ccc(C#CCCCCCl)cc1. The van der Waals surface area contributed by atoms with Gasteiger partial charge in [-0.3, -0.25) is 4.79 Å². The number of benzene rings is 2. The minimum atomic E-state index is -4.45. The van der Waals surface area contributed by atoms with Gasteiger partial charge in [0.15, 0.2) is 0 Å². The van der Waals surface area contributed by atoms with Crippen molar-refractivity contribution in [3.8, 4) is 11.8 Å². The maximum atomic E-state index is 12.5. The van der Waals surface area contributed by atoms with Gasteiger partial charge in [-0.05, 0) is 49.2 Å². The Kier molecular flexibility index (Phi) is 7.81.